The van der Waals surface area contributed by atoms with Gasteiger partial charge in [-0.25, -0.2) is 0 Å². The van der Waals surface area contributed by atoms with Gasteiger partial charge in [0, 0.05) is 26.1 Å². The first-order valence-electron chi connectivity index (χ1n) is 7.36. The lowest BCUT2D eigenvalue weighted by molar-refractivity contribution is -0.122. The van der Waals surface area contributed by atoms with Gasteiger partial charge in [-0.3, -0.25) is 4.79 Å². The fourth-order valence-electron chi connectivity index (χ4n) is 2.24. The Balaban J connectivity index is 2.07. The molecule has 1 rings (SSSR count). The molecule has 1 atom stereocenters. The Labute approximate surface area is 116 Å². The molecule has 1 fully saturated rings. The number of piperidine rings is 1. The molecular weight excluding hydrogens is 244 g/mol. The van der Waals surface area contributed by atoms with Crippen molar-refractivity contribution in [2.75, 3.05) is 39.4 Å². The van der Waals surface area contributed by atoms with Crippen molar-refractivity contribution in [3.05, 3.63) is 0 Å². The van der Waals surface area contributed by atoms with E-state index in [-0.39, 0.29) is 5.91 Å². The van der Waals surface area contributed by atoms with Crippen molar-refractivity contribution in [2.45, 2.75) is 39.2 Å². The van der Waals surface area contributed by atoms with E-state index in [1.165, 1.54) is 12.8 Å². The summed E-state index contributed by atoms with van der Waals surface area (Å²) in [5.74, 6) is 0.742. The Morgan fingerprint density at radius 2 is 2.16 bits per heavy atom. The number of amides is 1. The number of hydrogen-bond donors (Lipinski definition) is 2. The molecule has 0 aromatic rings. The molecule has 1 saturated heterocycles. The smallest absolute Gasteiger partial charge is 0.222 e. The fraction of sp³-hybridized carbons (Fsp3) is 0.929. The summed E-state index contributed by atoms with van der Waals surface area (Å²) >= 11 is 0. The van der Waals surface area contributed by atoms with Crippen LogP contribution in [-0.2, 0) is 9.53 Å². The number of rotatable bonds is 8. The number of aliphatic hydroxyl groups excluding tert-OH is 1. The van der Waals surface area contributed by atoms with E-state index < -0.39 is 6.10 Å². The number of hydrogen-bond acceptors (Lipinski definition) is 4. The van der Waals surface area contributed by atoms with Crippen LogP contribution in [0.25, 0.3) is 0 Å². The van der Waals surface area contributed by atoms with Crippen molar-refractivity contribution in [3.63, 3.8) is 0 Å². The monoisotopic (exact) mass is 272 g/mol. The van der Waals surface area contributed by atoms with E-state index in [1.54, 1.807) is 0 Å². The number of β-amino-alcohol motifs (C(OH)–C–C–N with tert-alkyl or cyclic N) is 1. The van der Waals surface area contributed by atoms with Crippen LogP contribution in [-0.4, -0.2) is 61.4 Å². The molecule has 19 heavy (non-hydrogen) atoms. The lowest BCUT2D eigenvalue weighted by atomic mass is 9.99. The van der Waals surface area contributed by atoms with E-state index >= 15 is 0 Å². The van der Waals surface area contributed by atoms with Gasteiger partial charge in [-0.2, -0.15) is 0 Å². The average molecular weight is 272 g/mol. The molecule has 0 spiro atoms. The summed E-state index contributed by atoms with van der Waals surface area (Å²) < 4.78 is 5.11. The van der Waals surface area contributed by atoms with Crippen LogP contribution in [0.5, 0.6) is 0 Å². The molecule has 0 saturated carbocycles. The summed E-state index contributed by atoms with van der Waals surface area (Å²) in [7, 11) is 0. The van der Waals surface area contributed by atoms with E-state index in [1.807, 2.05) is 6.92 Å². The summed E-state index contributed by atoms with van der Waals surface area (Å²) in [6.45, 7) is 8.34. The third kappa shape index (κ3) is 7.50. The van der Waals surface area contributed by atoms with Gasteiger partial charge in [-0.05, 0) is 38.8 Å². The second-order valence-corrected chi connectivity index (χ2v) is 5.39. The normalized spacial score (nSPS) is 19.3. The molecule has 0 radical (unpaired) electrons. The number of nitrogens with one attached hydrogen (secondary N) is 1. The molecule has 1 heterocycles. The second-order valence-electron chi connectivity index (χ2n) is 5.39. The van der Waals surface area contributed by atoms with Crippen molar-refractivity contribution < 1.29 is 14.6 Å². The summed E-state index contributed by atoms with van der Waals surface area (Å²) in [5.41, 5.74) is 0. The first-order chi connectivity index (χ1) is 9.11. The van der Waals surface area contributed by atoms with Crippen LogP contribution in [0.4, 0.5) is 0 Å². The molecule has 0 aromatic heterocycles. The van der Waals surface area contributed by atoms with E-state index in [0.29, 0.717) is 32.7 Å². The lowest BCUT2D eigenvalue weighted by Gasteiger charge is -2.31. The minimum absolute atomic E-state index is 0.0558. The third-order valence-corrected chi connectivity index (χ3v) is 3.56. The van der Waals surface area contributed by atoms with E-state index in [4.69, 9.17) is 4.74 Å². The predicted molar refractivity (Wildman–Crippen MR) is 75.0 cm³/mol. The Morgan fingerprint density at radius 1 is 1.47 bits per heavy atom. The molecule has 1 aliphatic rings. The first kappa shape index (κ1) is 16.4. The minimum Gasteiger partial charge on any atom is -0.390 e. The Hall–Kier alpha value is -0.650. The summed E-state index contributed by atoms with van der Waals surface area (Å²) in [6, 6.07) is 0. The maximum Gasteiger partial charge on any atom is 0.222 e. The van der Waals surface area contributed by atoms with E-state index in [2.05, 4.69) is 17.1 Å². The van der Waals surface area contributed by atoms with Crippen molar-refractivity contribution in [3.8, 4) is 0 Å². The SMILES string of the molecule is CCOCCC(=O)NCC(O)CN1CCC(C)CC1. The molecular formula is C14H28N2O3. The molecule has 112 valence electrons. The molecule has 0 aliphatic carbocycles. The zero-order chi connectivity index (χ0) is 14.1. The van der Waals surface area contributed by atoms with Gasteiger partial charge >= 0.3 is 0 Å². The molecule has 1 amide bonds. The molecule has 5 heteroatoms. The summed E-state index contributed by atoms with van der Waals surface area (Å²) in [6.07, 6.45) is 2.28. The number of likely N-dealkylation sites (tertiary alicyclic amines) is 1. The zero-order valence-electron chi connectivity index (χ0n) is 12.2. The first-order valence-corrected chi connectivity index (χ1v) is 7.36. The third-order valence-electron chi connectivity index (χ3n) is 3.56. The number of ether oxygens (including phenoxy) is 1. The fourth-order valence-corrected chi connectivity index (χ4v) is 2.24. The van der Waals surface area contributed by atoms with Gasteiger partial charge in [-0.15, -0.1) is 0 Å². The molecule has 1 aliphatic heterocycles. The topological polar surface area (TPSA) is 61.8 Å². The van der Waals surface area contributed by atoms with Gasteiger partial charge in [0.15, 0.2) is 0 Å². The molecule has 1 unspecified atom stereocenters. The standard InChI is InChI=1S/C14H28N2O3/c1-3-19-9-6-14(18)15-10-13(17)11-16-7-4-12(2)5-8-16/h12-13,17H,3-11H2,1-2H3,(H,15,18). The molecule has 0 aromatic carbocycles. The summed E-state index contributed by atoms with van der Waals surface area (Å²) in [4.78, 5) is 13.7. The highest BCUT2D eigenvalue weighted by Gasteiger charge is 2.18. The van der Waals surface area contributed by atoms with Gasteiger partial charge in [0.1, 0.15) is 0 Å². The number of carbonyl (C=O) groups excluding carboxylic acids is 1. The zero-order valence-corrected chi connectivity index (χ0v) is 12.2. The molecule has 5 nitrogen and oxygen atoms in total. The van der Waals surface area contributed by atoms with Crippen LogP contribution < -0.4 is 5.32 Å². The number of carbonyl (C=O) groups is 1. The largest absolute Gasteiger partial charge is 0.390 e. The second kappa shape index (κ2) is 9.28. The van der Waals surface area contributed by atoms with Gasteiger partial charge in [-0.1, -0.05) is 6.92 Å². The highest BCUT2D eigenvalue weighted by atomic mass is 16.5. The van der Waals surface area contributed by atoms with Crippen molar-refractivity contribution in [1.82, 2.24) is 10.2 Å². The van der Waals surface area contributed by atoms with E-state index in [9.17, 15) is 9.90 Å². The van der Waals surface area contributed by atoms with Crippen LogP contribution in [0, 0.1) is 5.92 Å². The summed E-state index contributed by atoms with van der Waals surface area (Å²) in [5, 5.41) is 12.6. The lowest BCUT2D eigenvalue weighted by Crippen LogP contribution is -2.43. The van der Waals surface area contributed by atoms with Crippen molar-refractivity contribution in [1.29, 1.82) is 0 Å². The van der Waals surface area contributed by atoms with Crippen molar-refractivity contribution in [2.24, 2.45) is 5.92 Å². The maximum atomic E-state index is 11.4. The Kier molecular flexibility index (Phi) is 8.02. The van der Waals surface area contributed by atoms with Gasteiger partial charge in [0.25, 0.3) is 0 Å². The van der Waals surface area contributed by atoms with Crippen LogP contribution in [0.2, 0.25) is 0 Å². The molecule has 0 bridgehead atoms. The van der Waals surface area contributed by atoms with Crippen LogP contribution in [0.3, 0.4) is 0 Å². The minimum atomic E-state index is -0.482. The average Bonchev–Trinajstić information content (AvgIpc) is 2.39. The molecule has 2 N–H and O–H groups in total. The van der Waals surface area contributed by atoms with Crippen molar-refractivity contribution >= 4 is 5.91 Å². The predicted octanol–water partition coefficient (Wildman–Crippen LogP) is 0.622. The van der Waals surface area contributed by atoms with Crippen LogP contribution in [0.1, 0.15) is 33.1 Å². The highest BCUT2D eigenvalue weighted by Crippen LogP contribution is 2.15. The van der Waals surface area contributed by atoms with Gasteiger partial charge in [0.05, 0.1) is 12.7 Å². The van der Waals surface area contributed by atoms with Crippen LogP contribution >= 0.6 is 0 Å². The van der Waals surface area contributed by atoms with E-state index in [0.717, 1.165) is 19.0 Å². The Morgan fingerprint density at radius 3 is 2.79 bits per heavy atom. The number of aliphatic hydroxyl groups is 1. The van der Waals surface area contributed by atoms with Gasteiger partial charge in [0.2, 0.25) is 5.91 Å². The Bertz CT molecular complexity index is 253. The maximum absolute atomic E-state index is 11.4. The quantitative estimate of drug-likeness (QED) is 0.636. The number of nitrogens with zero attached hydrogens (tertiary/aromatic N) is 1. The highest BCUT2D eigenvalue weighted by molar-refractivity contribution is 5.75. The van der Waals surface area contributed by atoms with Gasteiger partial charge < -0.3 is 20.1 Å². The van der Waals surface area contributed by atoms with Crippen LogP contribution in [0.15, 0.2) is 0 Å².